The van der Waals surface area contributed by atoms with Crippen LogP contribution in [0.2, 0.25) is 0 Å². The van der Waals surface area contributed by atoms with Crippen molar-refractivity contribution in [3.8, 4) is 5.75 Å². The summed E-state index contributed by atoms with van der Waals surface area (Å²) in [5.74, 6) is 2.16. The van der Waals surface area contributed by atoms with Crippen LogP contribution in [0.25, 0.3) is 0 Å². The van der Waals surface area contributed by atoms with E-state index in [0.29, 0.717) is 11.7 Å². The van der Waals surface area contributed by atoms with Crippen molar-refractivity contribution in [2.24, 2.45) is 5.92 Å². The first kappa shape index (κ1) is 13.9. The molecule has 2 N–H and O–H groups in total. The quantitative estimate of drug-likeness (QED) is 0.846. The normalized spacial score (nSPS) is 12.7. The Morgan fingerprint density at radius 2 is 2.25 bits per heavy atom. The number of hydrogen-bond donors (Lipinski definition) is 2. The minimum Gasteiger partial charge on any atom is -0.508 e. The lowest BCUT2D eigenvalue weighted by Crippen LogP contribution is -2.22. The molecule has 0 aliphatic carbocycles. The topological polar surface area (TPSA) is 32.3 Å². The largest absolute Gasteiger partial charge is 0.508 e. The fourth-order valence-corrected chi connectivity index (χ4v) is 2.57. The maximum atomic E-state index is 9.38. The number of benzene rings is 1. The van der Waals surface area contributed by atoms with Crippen molar-refractivity contribution in [1.29, 1.82) is 0 Å². The molecule has 0 radical (unpaired) electrons. The van der Waals surface area contributed by atoms with Gasteiger partial charge < -0.3 is 10.4 Å². The molecule has 1 rings (SSSR count). The van der Waals surface area contributed by atoms with E-state index >= 15 is 0 Å². The van der Waals surface area contributed by atoms with Crippen LogP contribution >= 0.6 is 27.7 Å². The third-order valence-electron chi connectivity index (χ3n) is 2.29. The molecule has 0 spiro atoms. The lowest BCUT2D eigenvalue weighted by Gasteiger charge is -2.12. The van der Waals surface area contributed by atoms with Crippen LogP contribution in [-0.4, -0.2) is 23.7 Å². The van der Waals surface area contributed by atoms with E-state index in [-0.39, 0.29) is 0 Å². The zero-order valence-electron chi connectivity index (χ0n) is 9.66. The van der Waals surface area contributed by atoms with E-state index < -0.39 is 0 Å². The minimum atomic E-state index is 0.317. The van der Waals surface area contributed by atoms with Gasteiger partial charge in [0, 0.05) is 11.0 Å². The van der Waals surface area contributed by atoms with Crippen molar-refractivity contribution in [2.75, 3.05) is 18.6 Å². The molecule has 0 saturated heterocycles. The third kappa shape index (κ3) is 4.76. The number of hydrogen-bond acceptors (Lipinski definition) is 3. The van der Waals surface area contributed by atoms with Crippen molar-refractivity contribution in [3.05, 3.63) is 28.2 Å². The van der Waals surface area contributed by atoms with Gasteiger partial charge in [0.2, 0.25) is 0 Å². The predicted octanol–water partition coefficient (Wildman–Crippen LogP) is 3.24. The molecule has 16 heavy (non-hydrogen) atoms. The standard InChI is InChI=1S/C12H18BrNOS/c1-9(8-16-2)6-14-7-10-5-11(15)3-4-12(10)13/h3-5,9,14-15H,6-8H2,1-2H3. The van der Waals surface area contributed by atoms with Crippen LogP contribution in [-0.2, 0) is 6.54 Å². The minimum absolute atomic E-state index is 0.317. The molecule has 0 heterocycles. The lowest BCUT2D eigenvalue weighted by molar-refractivity contribution is 0.473. The van der Waals surface area contributed by atoms with Gasteiger partial charge in [-0.15, -0.1) is 0 Å². The molecule has 0 amide bonds. The van der Waals surface area contributed by atoms with E-state index in [4.69, 9.17) is 0 Å². The summed E-state index contributed by atoms with van der Waals surface area (Å²) in [6.45, 7) is 4.03. The zero-order valence-corrected chi connectivity index (χ0v) is 12.1. The van der Waals surface area contributed by atoms with Gasteiger partial charge in [0.05, 0.1) is 0 Å². The molecule has 0 aromatic heterocycles. The smallest absolute Gasteiger partial charge is 0.115 e. The molecular weight excluding hydrogens is 286 g/mol. The second kappa shape index (κ2) is 7.20. The van der Waals surface area contributed by atoms with Crippen LogP contribution in [0.1, 0.15) is 12.5 Å². The van der Waals surface area contributed by atoms with E-state index in [0.717, 1.165) is 23.1 Å². The number of phenols is 1. The second-order valence-electron chi connectivity index (χ2n) is 3.97. The molecule has 1 unspecified atom stereocenters. The fraction of sp³-hybridized carbons (Fsp3) is 0.500. The Balaban J connectivity index is 2.39. The Hall–Kier alpha value is -0.190. The molecule has 0 fully saturated rings. The van der Waals surface area contributed by atoms with Crippen LogP contribution in [0.15, 0.2) is 22.7 Å². The summed E-state index contributed by atoms with van der Waals surface area (Å²) in [5.41, 5.74) is 1.09. The average Bonchev–Trinajstić information content (AvgIpc) is 2.23. The summed E-state index contributed by atoms with van der Waals surface area (Å²) in [6.07, 6.45) is 2.13. The highest BCUT2D eigenvalue weighted by Gasteiger charge is 2.03. The number of rotatable bonds is 6. The maximum Gasteiger partial charge on any atom is 0.115 e. The van der Waals surface area contributed by atoms with Gasteiger partial charge in [0.15, 0.2) is 0 Å². The van der Waals surface area contributed by atoms with Gasteiger partial charge in [-0.25, -0.2) is 0 Å². The van der Waals surface area contributed by atoms with Gasteiger partial charge in [-0.3, -0.25) is 0 Å². The predicted molar refractivity (Wildman–Crippen MR) is 75.1 cm³/mol. The highest BCUT2D eigenvalue weighted by atomic mass is 79.9. The molecule has 0 aliphatic rings. The molecule has 0 aliphatic heterocycles. The summed E-state index contributed by atoms with van der Waals surface area (Å²) in [6, 6.07) is 5.35. The SMILES string of the molecule is CSCC(C)CNCc1cc(O)ccc1Br. The van der Waals surface area contributed by atoms with Gasteiger partial charge in [0.1, 0.15) is 5.75 Å². The van der Waals surface area contributed by atoms with E-state index in [9.17, 15) is 5.11 Å². The first-order valence-electron chi connectivity index (χ1n) is 5.30. The van der Waals surface area contributed by atoms with Crippen LogP contribution in [0, 0.1) is 5.92 Å². The Morgan fingerprint density at radius 3 is 2.94 bits per heavy atom. The molecule has 0 saturated carbocycles. The lowest BCUT2D eigenvalue weighted by atomic mass is 10.2. The van der Waals surface area contributed by atoms with Crippen molar-refractivity contribution in [2.45, 2.75) is 13.5 Å². The highest BCUT2D eigenvalue weighted by Crippen LogP contribution is 2.21. The van der Waals surface area contributed by atoms with E-state index in [2.05, 4.69) is 34.4 Å². The molecule has 2 nitrogen and oxygen atoms in total. The Morgan fingerprint density at radius 1 is 1.50 bits per heavy atom. The molecular formula is C12H18BrNOS. The summed E-state index contributed by atoms with van der Waals surface area (Å²) >= 11 is 5.35. The molecule has 1 aromatic carbocycles. The van der Waals surface area contributed by atoms with E-state index in [1.165, 1.54) is 5.75 Å². The molecule has 1 atom stereocenters. The van der Waals surface area contributed by atoms with Gasteiger partial charge in [-0.05, 0) is 48.2 Å². The first-order valence-corrected chi connectivity index (χ1v) is 7.49. The molecule has 90 valence electrons. The van der Waals surface area contributed by atoms with Crippen molar-refractivity contribution in [3.63, 3.8) is 0 Å². The second-order valence-corrected chi connectivity index (χ2v) is 5.73. The van der Waals surface area contributed by atoms with Crippen LogP contribution in [0.3, 0.4) is 0 Å². The average molecular weight is 304 g/mol. The van der Waals surface area contributed by atoms with Crippen LogP contribution in [0.5, 0.6) is 5.75 Å². The highest BCUT2D eigenvalue weighted by molar-refractivity contribution is 9.10. The summed E-state index contributed by atoms with van der Waals surface area (Å²) in [7, 11) is 0. The van der Waals surface area contributed by atoms with Crippen molar-refractivity contribution >= 4 is 27.7 Å². The molecule has 4 heteroatoms. The number of thioether (sulfide) groups is 1. The van der Waals surface area contributed by atoms with Crippen molar-refractivity contribution in [1.82, 2.24) is 5.32 Å². The Bertz CT molecular complexity index is 333. The number of aromatic hydroxyl groups is 1. The monoisotopic (exact) mass is 303 g/mol. The zero-order chi connectivity index (χ0) is 12.0. The van der Waals surface area contributed by atoms with Gasteiger partial charge in [-0.2, -0.15) is 11.8 Å². The Kier molecular flexibility index (Phi) is 6.24. The Labute approximate surface area is 110 Å². The molecule has 0 bridgehead atoms. The van der Waals surface area contributed by atoms with Gasteiger partial charge >= 0.3 is 0 Å². The summed E-state index contributed by atoms with van der Waals surface area (Å²) in [4.78, 5) is 0. The maximum absolute atomic E-state index is 9.38. The number of phenolic OH excluding ortho intramolecular Hbond substituents is 1. The number of nitrogens with one attached hydrogen (secondary N) is 1. The number of halogens is 1. The first-order chi connectivity index (χ1) is 7.63. The summed E-state index contributed by atoms with van der Waals surface area (Å²) in [5, 5.41) is 12.8. The van der Waals surface area contributed by atoms with Crippen LogP contribution in [0.4, 0.5) is 0 Å². The van der Waals surface area contributed by atoms with Crippen molar-refractivity contribution < 1.29 is 5.11 Å². The van der Waals surface area contributed by atoms with E-state index in [1.54, 1.807) is 12.1 Å². The fourth-order valence-electron chi connectivity index (χ4n) is 1.49. The molecule has 1 aromatic rings. The van der Waals surface area contributed by atoms with Gasteiger partial charge in [-0.1, -0.05) is 22.9 Å². The van der Waals surface area contributed by atoms with E-state index in [1.807, 2.05) is 17.8 Å². The summed E-state index contributed by atoms with van der Waals surface area (Å²) < 4.78 is 1.04. The van der Waals surface area contributed by atoms with Gasteiger partial charge in [0.25, 0.3) is 0 Å². The van der Waals surface area contributed by atoms with Crippen LogP contribution < -0.4 is 5.32 Å². The third-order valence-corrected chi connectivity index (χ3v) is 3.96.